The van der Waals surface area contributed by atoms with Crippen molar-refractivity contribution in [2.75, 3.05) is 33.4 Å². The number of aromatic nitrogens is 4. The van der Waals surface area contributed by atoms with Gasteiger partial charge < -0.3 is 10.1 Å². The lowest BCUT2D eigenvalue weighted by molar-refractivity contribution is -0.133. The predicted molar refractivity (Wildman–Crippen MR) is 99.7 cm³/mol. The maximum atomic E-state index is 12.5. The van der Waals surface area contributed by atoms with Crippen molar-refractivity contribution in [2.24, 2.45) is 11.8 Å². The fourth-order valence-corrected chi connectivity index (χ4v) is 4.27. The minimum Gasteiger partial charge on any atom is -0.383 e. The Kier molecular flexibility index (Phi) is 5.45. The molecule has 2 bridgehead atoms. The Bertz CT molecular complexity index is 765. The van der Waals surface area contributed by atoms with Crippen LogP contribution in [0, 0.1) is 11.8 Å². The standard InChI is InChI=1S/C19H26N6O2/c1-27-9-7-21-19(26)16-12-24-8-5-14(16)10-15(24)11-25-13-18(22-23-25)17-4-2-3-6-20-17/h2-4,6,13-16H,5,7-12H2,1H3,(H,21,26)/t14?,15-,16+/m1/s1. The molecule has 1 N–H and O–H groups in total. The van der Waals surface area contributed by atoms with Crippen LogP contribution in [0.3, 0.4) is 0 Å². The molecule has 0 aliphatic carbocycles. The second-order valence-electron chi connectivity index (χ2n) is 7.36. The number of amides is 1. The van der Waals surface area contributed by atoms with E-state index in [1.165, 1.54) is 0 Å². The van der Waals surface area contributed by atoms with Crippen molar-refractivity contribution >= 4 is 5.91 Å². The number of pyridine rings is 1. The number of nitrogens with zero attached hydrogens (tertiary/aromatic N) is 5. The molecule has 5 rings (SSSR count). The van der Waals surface area contributed by atoms with Crippen LogP contribution in [0.2, 0.25) is 0 Å². The molecule has 5 heterocycles. The average Bonchev–Trinajstić information content (AvgIpc) is 3.18. The Balaban J connectivity index is 1.36. The first-order valence-corrected chi connectivity index (χ1v) is 9.57. The summed E-state index contributed by atoms with van der Waals surface area (Å²) in [5.74, 6) is 0.700. The molecule has 0 aromatic carbocycles. The first-order valence-electron chi connectivity index (χ1n) is 9.57. The summed E-state index contributed by atoms with van der Waals surface area (Å²) < 4.78 is 6.92. The number of carbonyl (C=O) groups is 1. The van der Waals surface area contributed by atoms with Crippen molar-refractivity contribution in [1.82, 2.24) is 30.2 Å². The Morgan fingerprint density at radius 3 is 3.04 bits per heavy atom. The van der Waals surface area contributed by atoms with E-state index in [9.17, 15) is 4.79 Å². The van der Waals surface area contributed by atoms with Gasteiger partial charge in [-0.3, -0.25) is 19.4 Å². The number of methoxy groups -OCH3 is 1. The molecule has 4 atom stereocenters. The molecular weight excluding hydrogens is 344 g/mol. The van der Waals surface area contributed by atoms with Crippen molar-refractivity contribution < 1.29 is 9.53 Å². The normalized spacial score (nSPS) is 26.9. The molecule has 0 saturated carbocycles. The first-order chi connectivity index (χ1) is 13.2. The molecule has 8 nitrogen and oxygen atoms in total. The van der Waals surface area contributed by atoms with Crippen LogP contribution in [-0.2, 0) is 16.1 Å². The van der Waals surface area contributed by atoms with Gasteiger partial charge in [-0.15, -0.1) is 5.10 Å². The fourth-order valence-electron chi connectivity index (χ4n) is 4.27. The van der Waals surface area contributed by atoms with E-state index in [4.69, 9.17) is 4.74 Å². The van der Waals surface area contributed by atoms with Gasteiger partial charge in [0.2, 0.25) is 5.91 Å². The lowest BCUT2D eigenvalue weighted by Crippen LogP contribution is -2.58. The van der Waals surface area contributed by atoms with Crippen LogP contribution in [0.25, 0.3) is 11.4 Å². The highest BCUT2D eigenvalue weighted by Crippen LogP contribution is 2.37. The number of piperidine rings is 3. The molecule has 3 saturated heterocycles. The number of hydrogen-bond donors (Lipinski definition) is 1. The van der Waals surface area contributed by atoms with E-state index < -0.39 is 0 Å². The van der Waals surface area contributed by atoms with Gasteiger partial charge >= 0.3 is 0 Å². The Morgan fingerprint density at radius 1 is 1.37 bits per heavy atom. The monoisotopic (exact) mass is 370 g/mol. The summed E-state index contributed by atoms with van der Waals surface area (Å²) in [4.78, 5) is 19.2. The van der Waals surface area contributed by atoms with E-state index in [-0.39, 0.29) is 11.8 Å². The van der Waals surface area contributed by atoms with Gasteiger partial charge in [-0.2, -0.15) is 0 Å². The molecule has 2 aromatic heterocycles. The van der Waals surface area contributed by atoms with Gasteiger partial charge in [0, 0.05) is 32.4 Å². The minimum absolute atomic E-state index is 0.0895. The third kappa shape index (κ3) is 4.01. The van der Waals surface area contributed by atoms with Gasteiger partial charge in [-0.1, -0.05) is 11.3 Å². The summed E-state index contributed by atoms with van der Waals surface area (Å²) in [5.41, 5.74) is 1.63. The van der Waals surface area contributed by atoms with Crippen LogP contribution in [-0.4, -0.2) is 70.2 Å². The topological polar surface area (TPSA) is 85.2 Å². The third-order valence-corrected chi connectivity index (χ3v) is 5.68. The van der Waals surface area contributed by atoms with Crippen LogP contribution in [0.5, 0.6) is 0 Å². The molecule has 27 heavy (non-hydrogen) atoms. The lowest BCUT2D eigenvalue weighted by Gasteiger charge is -2.49. The number of fused-ring (bicyclic) bond motifs is 3. The molecule has 3 fully saturated rings. The molecule has 3 aliphatic rings. The summed E-state index contributed by atoms with van der Waals surface area (Å²) in [7, 11) is 1.65. The van der Waals surface area contributed by atoms with Gasteiger partial charge in [0.15, 0.2) is 0 Å². The van der Waals surface area contributed by atoms with E-state index >= 15 is 0 Å². The number of rotatable bonds is 7. The Morgan fingerprint density at radius 2 is 2.30 bits per heavy atom. The average molecular weight is 370 g/mol. The Labute approximate surface area is 158 Å². The molecule has 3 aliphatic heterocycles. The summed E-state index contributed by atoms with van der Waals surface area (Å²) in [6, 6.07) is 6.19. The highest BCUT2D eigenvalue weighted by Gasteiger charge is 2.43. The maximum absolute atomic E-state index is 12.5. The van der Waals surface area contributed by atoms with Crippen molar-refractivity contribution in [1.29, 1.82) is 0 Å². The molecule has 1 amide bonds. The number of hydrogen-bond acceptors (Lipinski definition) is 6. The molecule has 0 spiro atoms. The fraction of sp³-hybridized carbons (Fsp3) is 0.579. The summed E-state index contributed by atoms with van der Waals surface area (Å²) in [5, 5.41) is 11.5. The van der Waals surface area contributed by atoms with E-state index in [1.54, 1.807) is 13.3 Å². The van der Waals surface area contributed by atoms with Crippen molar-refractivity contribution in [3.63, 3.8) is 0 Å². The molecule has 8 heteroatoms. The zero-order valence-corrected chi connectivity index (χ0v) is 15.6. The second kappa shape index (κ2) is 8.14. The van der Waals surface area contributed by atoms with Crippen molar-refractivity contribution in [2.45, 2.75) is 25.4 Å². The van der Waals surface area contributed by atoms with Gasteiger partial charge in [-0.25, -0.2) is 0 Å². The quantitative estimate of drug-likeness (QED) is 0.726. The van der Waals surface area contributed by atoms with E-state index in [0.717, 1.165) is 43.9 Å². The molecule has 2 unspecified atom stereocenters. The van der Waals surface area contributed by atoms with E-state index in [2.05, 4.69) is 25.5 Å². The smallest absolute Gasteiger partial charge is 0.224 e. The highest BCUT2D eigenvalue weighted by atomic mass is 16.5. The minimum atomic E-state index is 0.0895. The van der Waals surface area contributed by atoms with Crippen LogP contribution in [0.4, 0.5) is 0 Å². The third-order valence-electron chi connectivity index (χ3n) is 5.68. The number of ether oxygens (including phenoxy) is 1. The van der Waals surface area contributed by atoms with Gasteiger partial charge in [0.05, 0.1) is 31.0 Å². The molecule has 2 aromatic rings. The van der Waals surface area contributed by atoms with Crippen LogP contribution in [0.1, 0.15) is 12.8 Å². The van der Waals surface area contributed by atoms with Crippen LogP contribution in [0.15, 0.2) is 30.6 Å². The SMILES string of the molecule is COCCNC(=O)[C@H]1CN2CCC1C[C@@H]2Cn1cc(-c2ccccn2)nn1. The summed E-state index contributed by atoms with van der Waals surface area (Å²) in [6.07, 6.45) is 5.84. The Hall–Kier alpha value is -2.32. The zero-order valence-electron chi connectivity index (χ0n) is 15.6. The zero-order chi connectivity index (χ0) is 18.6. The highest BCUT2D eigenvalue weighted by molar-refractivity contribution is 5.79. The summed E-state index contributed by atoms with van der Waals surface area (Å²) >= 11 is 0. The summed E-state index contributed by atoms with van der Waals surface area (Å²) in [6.45, 7) is 3.82. The molecule has 0 radical (unpaired) electrons. The van der Waals surface area contributed by atoms with E-state index in [0.29, 0.717) is 25.1 Å². The van der Waals surface area contributed by atoms with E-state index in [1.807, 2.05) is 29.1 Å². The van der Waals surface area contributed by atoms with Crippen molar-refractivity contribution in [3.8, 4) is 11.4 Å². The van der Waals surface area contributed by atoms with Gasteiger partial charge in [0.25, 0.3) is 0 Å². The molecular formula is C19H26N6O2. The van der Waals surface area contributed by atoms with Crippen LogP contribution < -0.4 is 5.32 Å². The first kappa shape index (κ1) is 18.1. The second-order valence-corrected chi connectivity index (χ2v) is 7.36. The lowest BCUT2D eigenvalue weighted by atomic mass is 9.75. The van der Waals surface area contributed by atoms with Gasteiger partial charge in [0.1, 0.15) is 5.69 Å². The van der Waals surface area contributed by atoms with Crippen molar-refractivity contribution in [3.05, 3.63) is 30.6 Å². The molecule has 144 valence electrons. The number of nitrogens with one attached hydrogen (secondary N) is 1. The van der Waals surface area contributed by atoms with Crippen LogP contribution >= 0.6 is 0 Å². The number of carbonyl (C=O) groups excluding carboxylic acids is 1. The van der Waals surface area contributed by atoms with Gasteiger partial charge in [-0.05, 0) is 37.4 Å². The predicted octanol–water partition coefficient (Wildman–Crippen LogP) is 0.813. The largest absolute Gasteiger partial charge is 0.383 e. The maximum Gasteiger partial charge on any atom is 0.224 e.